The van der Waals surface area contributed by atoms with Crippen LogP contribution in [0.3, 0.4) is 0 Å². The Labute approximate surface area is 133 Å². The summed E-state index contributed by atoms with van der Waals surface area (Å²) in [6.07, 6.45) is 0. The Kier molecular flexibility index (Phi) is 7.49. The zero-order chi connectivity index (χ0) is 14.0. The molecule has 4 nitrogen and oxygen atoms in total. The highest BCUT2D eigenvalue weighted by molar-refractivity contribution is 5.85. The van der Waals surface area contributed by atoms with Crippen LogP contribution in [0.25, 0.3) is 0 Å². The zero-order valence-corrected chi connectivity index (χ0v) is 13.0. The minimum atomic E-state index is -0.983. The molecule has 0 saturated heterocycles. The van der Waals surface area contributed by atoms with Crippen molar-refractivity contribution < 1.29 is 13.5 Å². The number of rotatable bonds is 3. The third kappa shape index (κ3) is 4.23. The second-order valence-electron chi connectivity index (χ2n) is 4.08. The van der Waals surface area contributed by atoms with Crippen LogP contribution in [0.4, 0.5) is 8.78 Å². The van der Waals surface area contributed by atoms with Crippen molar-refractivity contribution in [1.29, 1.82) is 0 Å². The minimum Gasteiger partial charge on any atom is -0.437 e. The smallest absolute Gasteiger partial charge is 0.243 e. The number of benzene rings is 1. The van der Waals surface area contributed by atoms with Gasteiger partial charge in [-0.2, -0.15) is 5.10 Å². The molecule has 0 atom stereocenters. The number of aromatic nitrogens is 2. The topological polar surface area (TPSA) is 61.0 Å². The van der Waals surface area contributed by atoms with Crippen LogP contribution in [0.15, 0.2) is 18.2 Å². The summed E-state index contributed by atoms with van der Waals surface area (Å²) in [6.45, 7) is 3.88. The second kappa shape index (κ2) is 8.07. The van der Waals surface area contributed by atoms with Gasteiger partial charge in [0.2, 0.25) is 5.88 Å². The largest absolute Gasteiger partial charge is 0.437 e. The summed E-state index contributed by atoms with van der Waals surface area (Å²) >= 11 is 0. The van der Waals surface area contributed by atoms with E-state index in [1.807, 2.05) is 13.8 Å². The van der Waals surface area contributed by atoms with Gasteiger partial charge >= 0.3 is 0 Å². The van der Waals surface area contributed by atoms with Gasteiger partial charge < -0.3 is 10.5 Å². The van der Waals surface area contributed by atoms with E-state index in [9.17, 15) is 8.78 Å². The Hall–Kier alpha value is -1.50. The Balaban J connectivity index is 0.00000200. The van der Waals surface area contributed by atoms with E-state index >= 15 is 0 Å². The van der Waals surface area contributed by atoms with Gasteiger partial charge in [-0.25, -0.2) is 8.78 Å². The van der Waals surface area contributed by atoms with Crippen LogP contribution in [0.2, 0.25) is 0 Å². The standard InChI is InChI=1S/C13H13F2N3O.2ClH/c1-7-8(2)17-18-13(10(7)6-16)19-9-3-4-11(14)12(15)5-9;;/h3-5H,6,16H2,1-2H3;2*1H. The molecular formula is C13H15Cl2F2N3O. The van der Waals surface area contributed by atoms with E-state index in [1.165, 1.54) is 6.07 Å². The molecule has 0 saturated carbocycles. The van der Waals surface area contributed by atoms with Crippen molar-refractivity contribution in [2.45, 2.75) is 20.4 Å². The molecule has 1 aromatic heterocycles. The van der Waals surface area contributed by atoms with Crippen LogP contribution in [-0.4, -0.2) is 10.2 Å². The number of hydrogen-bond donors (Lipinski definition) is 1. The first kappa shape index (κ1) is 19.5. The van der Waals surface area contributed by atoms with E-state index in [-0.39, 0.29) is 43.0 Å². The highest BCUT2D eigenvalue weighted by Gasteiger charge is 2.12. The van der Waals surface area contributed by atoms with Crippen molar-refractivity contribution in [3.05, 3.63) is 46.7 Å². The van der Waals surface area contributed by atoms with Crippen LogP contribution in [0.1, 0.15) is 16.8 Å². The molecule has 0 fully saturated rings. The molecule has 0 aliphatic rings. The summed E-state index contributed by atoms with van der Waals surface area (Å²) in [5.74, 6) is -1.57. The molecule has 2 N–H and O–H groups in total. The molecule has 21 heavy (non-hydrogen) atoms. The Morgan fingerprint density at radius 1 is 1.10 bits per heavy atom. The van der Waals surface area contributed by atoms with E-state index in [0.29, 0.717) is 5.56 Å². The molecule has 0 aliphatic heterocycles. The number of ether oxygens (including phenoxy) is 1. The van der Waals surface area contributed by atoms with Crippen molar-refractivity contribution in [2.24, 2.45) is 5.73 Å². The number of halogens is 4. The lowest BCUT2D eigenvalue weighted by molar-refractivity contribution is 0.435. The van der Waals surface area contributed by atoms with Gasteiger partial charge in [0, 0.05) is 18.2 Å². The Morgan fingerprint density at radius 3 is 2.33 bits per heavy atom. The summed E-state index contributed by atoms with van der Waals surface area (Å²) in [5, 5.41) is 7.81. The quantitative estimate of drug-likeness (QED) is 0.931. The summed E-state index contributed by atoms with van der Waals surface area (Å²) in [4.78, 5) is 0. The zero-order valence-electron chi connectivity index (χ0n) is 11.4. The van der Waals surface area contributed by atoms with Crippen LogP contribution < -0.4 is 10.5 Å². The maximum Gasteiger partial charge on any atom is 0.243 e. The monoisotopic (exact) mass is 337 g/mol. The molecule has 0 aliphatic carbocycles. The van der Waals surface area contributed by atoms with Gasteiger partial charge in [-0.3, -0.25) is 0 Å². The van der Waals surface area contributed by atoms with E-state index in [0.717, 1.165) is 23.4 Å². The second-order valence-corrected chi connectivity index (χ2v) is 4.08. The third-order valence-electron chi connectivity index (χ3n) is 2.85. The maximum atomic E-state index is 13.1. The molecule has 8 heteroatoms. The molecule has 116 valence electrons. The molecule has 0 bridgehead atoms. The average molecular weight is 338 g/mol. The molecule has 1 aromatic carbocycles. The van der Waals surface area contributed by atoms with Gasteiger partial charge in [0.25, 0.3) is 0 Å². The van der Waals surface area contributed by atoms with Gasteiger partial charge in [-0.15, -0.1) is 29.9 Å². The highest BCUT2D eigenvalue weighted by Crippen LogP contribution is 2.26. The predicted octanol–water partition coefficient (Wildman–Crippen LogP) is 3.47. The fraction of sp³-hybridized carbons (Fsp3) is 0.231. The SMILES string of the molecule is Cc1nnc(Oc2ccc(F)c(F)c2)c(CN)c1C.Cl.Cl. The van der Waals surface area contributed by atoms with Crippen molar-refractivity contribution in [2.75, 3.05) is 0 Å². The maximum absolute atomic E-state index is 13.1. The van der Waals surface area contributed by atoms with Crippen LogP contribution in [-0.2, 0) is 6.54 Å². The van der Waals surface area contributed by atoms with E-state index < -0.39 is 11.6 Å². The van der Waals surface area contributed by atoms with Gasteiger partial charge in [0.1, 0.15) is 5.75 Å². The first-order valence-corrected chi connectivity index (χ1v) is 5.68. The number of nitrogens with two attached hydrogens (primary N) is 1. The van der Waals surface area contributed by atoms with Gasteiger partial charge in [-0.1, -0.05) is 0 Å². The molecule has 0 radical (unpaired) electrons. The molecule has 0 unspecified atom stereocenters. The van der Waals surface area contributed by atoms with Gasteiger partial charge in [-0.05, 0) is 31.5 Å². The van der Waals surface area contributed by atoms with Crippen molar-refractivity contribution in [3.8, 4) is 11.6 Å². The number of hydrogen-bond acceptors (Lipinski definition) is 4. The highest BCUT2D eigenvalue weighted by atomic mass is 35.5. The fourth-order valence-corrected chi connectivity index (χ4v) is 1.61. The summed E-state index contributed by atoms with van der Waals surface area (Å²) in [7, 11) is 0. The molecule has 0 amide bonds. The molecular weight excluding hydrogens is 323 g/mol. The van der Waals surface area contributed by atoms with E-state index in [2.05, 4.69) is 10.2 Å². The average Bonchev–Trinajstić information content (AvgIpc) is 2.39. The molecule has 2 rings (SSSR count). The predicted molar refractivity (Wildman–Crippen MR) is 80.3 cm³/mol. The lowest BCUT2D eigenvalue weighted by Crippen LogP contribution is -2.07. The lowest BCUT2D eigenvalue weighted by Gasteiger charge is -2.11. The third-order valence-corrected chi connectivity index (χ3v) is 2.85. The van der Waals surface area contributed by atoms with Crippen LogP contribution >= 0.6 is 24.8 Å². The first-order chi connectivity index (χ1) is 9.02. The molecule has 2 aromatic rings. The van der Waals surface area contributed by atoms with E-state index in [1.54, 1.807) is 0 Å². The van der Waals surface area contributed by atoms with E-state index in [4.69, 9.17) is 10.5 Å². The van der Waals surface area contributed by atoms with Crippen LogP contribution in [0, 0.1) is 25.5 Å². The normalized spacial score (nSPS) is 9.57. The fourth-order valence-electron chi connectivity index (χ4n) is 1.61. The Morgan fingerprint density at radius 2 is 1.76 bits per heavy atom. The number of nitrogens with zero attached hydrogens (tertiary/aromatic N) is 2. The summed E-state index contributed by atoms with van der Waals surface area (Å²) in [5.41, 5.74) is 7.96. The number of aryl methyl sites for hydroxylation is 1. The lowest BCUT2D eigenvalue weighted by atomic mass is 10.1. The van der Waals surface area contributed by atoms with Crippen LogP contribution in [0.5, 0.6) is 11.6 Å². The summed E-state index contributed by atoms with van der Waals surface area (Å²) in [6, 6.07) is 3.25. The molecule has 0 spiro atoms. The van der Waals surface area contributed by atoms with Crippen molar-refractivity contribution in [3.63, 3.8) is 0 Å². The van der Waals surface area contributed by atoms with Crippen molar-refractivity contribution >= 4 is 24.8 Å². The molecule has 1 heterocycles. The minimum absolute atomic E-state index is 0. The van der Waals surface area contributed by atoms with Gasteiger partial charge in [0.05, 0.1) is 5.69 Å². The van der Waals surface area contributed by atoms with Crippen molar-refractivity contribution in [1.82, 2.24) is 10.2 Å². The first-order valence-electron chi connectivity index (χ1n) is 5.68. The van der Waals surface area contributed by atoms with Gasteiger partial charge in [0.15, 0.2) is 11.6 Å². The summed E-state index contributed by atoms with van der Waals surface area (Å²) < 4.78 is 31.3. The Bertz CT molecular complexity index is 627.